The van der Waals surface area contributed by atoms with Crippen molar-refractivity contribution >= 4 is 27.9 Å². The Labute approximate surface area is 138 Å². The van der Waals surface area contributed by atoms with E-state index >= 15 is 0 Å². The molecule has 0 radical (unpaired) electrons. The van der Waals surface area contributed by atoms with Crippen molar-refractivity contribution in [1.29, 1.82) is 0 Å². The summed E-state index contributed by atoms with van der Waals surface area (Å²) in [5.41, 5.74) is 0. The predicted molar refractivity (Wildman–Crippen MR) is 91.4 cm³/mol. The van der Waals surface area contributed by atoms with Gasteiger partial charge in [-0.15, -0.1) is 0 Å². The summed E-state index contributed by atoms with van der Waals surface area (Å²) in [6, 6.07) is 0.137. The van der Waals surface area contributed by atoms with E-state index in [1.54, 1.807) is 11.6 Å². The fourth-order valence-corrected chi connectivity index (χ4v) is 3.51. The summed E-state index contributed by atoms with van der Waals surface area (Å²) in [4.78, 5) is 20.7. The number of hydrogen-bond acceptors (Lipinski definition) is 7. The third-order valence-electron chi connectivity index (χ3n) is 4.27. The largest absolute Gasteiger partial charge is 0.372 e. The van der Waals surface area contributed by atoms with Crippen LogP contribution in [0.1, 0.15) is 13.3 Å². The molecular weight excluding hydrogens is 316 g/mol. The minimum atomic E-state index is -0.373. The monoisotopic (exact) mass is 338 g/mol. The van der Waals surface area contributed by atoms with Gasteiger partial charge in [0.25, 0.3) is 4.96 Å². The van der Waals surface area contributed by atoms with Crippen molar-refractivity contribution in [3.63, 3.8) is 0 Å². The van der Waals surface area contributed by atoms with Crippen molar-refractivity contribution in [1.82, 2.24) is 19.2 Å². The molecule has 0 saturated carbocycles. The van der Waals surface area contributed by atoms with Crippen molar-refractivity contribution in [3.05, 3.63) is 21.7 Å². The normalized spacial score (nSPS) is 18.3. The first kappa shape index (κ1) is 16.2. The van der Waals surface area contributed by atoms with E-state index in [4.69, 9.17) is 0 Å². The van der Waals surface area contributed by atoms with Gasteiger partial charge in [0.2, 0.25) is 5.82 Å². The second-order valence-electron chi connectivity index (χ2n) is 6.08. The number of nitrogens with one attached hydrogen (secondary N) is 1. The minimum Gasteiger partial charge on any atom is -0.360 e. The van der Waals surface area contributed by atoms with E-state index in [2.05, 4.69) is 27.1 Å². The molecule has 0 amide bonds. The van der Waals surface area contributed by atoms with Crippen LogP contribution in [-0.4, -0.2) is 69.9 Å². The Bertz CT molecular complexity index is 676. The van der Waals surface area contributed by atoms with E-state index in [0.29, 0.717) is 10.8 Å². The molecule has 9 heteroatoms. The summed E-state index contributed by atoms with van der Waals surface area (Å²) in [6.07, 6.45) is 2.62. The molecule has 0 aliphatic carbocycles. The molecule has 0 bridgehead atoms. The van der Waals surface area contributed by atoms with Gasteiger partial charge in [-0.2, -0.15) is 9.38 Å². The fourth-order valence-electron chi connectivity index (χ4n) is 2.80. The lowest BCUT2D eigenvalue weighted by molar-refractivity contribution is -0.389. The summed E-state index contributed by atoms with van der Waals surface area (Å²) in [5, 5.41) is 16.3. The van der Waals surface area contributed by atoms with Crippen LogP contribution in [0.2, 0.25) is 0 Å². The highest BCUT2D eigenvalue weighted by Gasteiger charge is 2.24. The Kier molecular flexibility index (Phi) is 4.79. The molecule has 0 spiro atoms. The van der Waals surface area contributed by atoms with Gasteiger partial charge in [0, 0.05) is 44.1 Å². The maximum absolute atomic E-state index is 11.3. The molecule has 3 heterocycles. The third-order valence-corrected chi connectivity index (χ3v) is 5.02. The van der Waals surface area contributed by atoms with Gasteiger partial charge in [-0.25, -0.2) is 0 Å². The molecule has 126 valence electrons. The molecule has 1 N–H and O–H groups in total. The molecule has 8 nitrogen and oxygen atoms in total. The lowest BCUT2D eigenvalue weighted by atomic mass is 10.2. The van der Waals surface area contributed by atoms with Crippen molar-refractivity contribution in [2.45, 2.75) is 19.4 Å². The van der Waals surface area contributed by atoms with Gasteiger partial charge in [-0.05, 0) is 25.3 Å². The molecule has 2 aromatic rings. The van der Waals surface area contributed by atoms with Crippen molar-refractivity contribution in [2.75, 3.05) is 45.1 Å². The summed E-state index contributed by atoms with van der Waals surface area (Å²) < 4.78 is 1.53. The molecule has 23 heavy (non-hydrogen) atoms. The number of likely N-dealkylation sites (N-methyl/N-ethyl adjacent to an activating group) is 1. The van der Waals surface area contributed by atoms with Crippen LogP contribution in [-0.2, 0) is 0 Å². The van der Waals surface area contributed by atoms with Crippen molar-refractivity contribution < 1.29 is 4.92 Å². The van der Waals surface area contributed by atoms with Crippen LogP contribution in [0, 0.1) is 10.1 Å². The number of hydrogen-bond donors (Lipinski definition) is 1. The molecule has 1 aliphatic heterocycles. The van der Waals surface area contributed by atoms with Crippen molar-refractivity contribution in [2.24, 2.45) is 0 Å². The van der Waals surface area contributed by atoms with Gasteiger partial charge < -0.3 is 25.2 Å². The molecule has 3 rings (SSSR count). The maximum Gasteiger partial charge on any atom is 0.372 e. The van der Waals surface area contributed by atoms with E-state index in [1.807, 2.05) is 6.92 Å². The summed E-state index contributed by atoms with van der Waals surface area (Å²) in [5.74, 6) is 0.389. The Hall–Kier alpha value is -1.71. The number of anilines is 1. The average molecular weight is 338 g/mol. The van der Waals surface area contributed by atoms with Gasteiger partial charge in [0.05, 0.1) is 0 Å². The van der Waals surface area contributed by atoms with E-state index in [9.17, 15) is 10.1 Å². The Morgan fingerprint density at radius 1 is 1.43 bits per heavy atom. The highest BCUT2D eigenvalue weighted by Crippen LogP contribution is 2.28. The van der Waals surface area contributed by atoms with E-state index < -0.39 is 0 Å². The Balaban J connectivity index is 1.59. The van der Waals surface area contributed by atoms with E-state index in [0.717, 1.165) is 39.1 Å². The topological polar surface area (TPSA) is 79.0 Å². The number of piperazine rings is 1. The summed E-state index contributed by atoms with van der Waals surface area (Å²) >= 11 is 1.40. The van der Waals surface area contributed by atoms with Crippen LogP contribution < -0.4 is 5.32 Å². The first-order valence-corrected chi connectivity index (χ1v) is 8.70. The first-order valence-electron chi connectivity index (χ1n) is 7.82. The van der Waals surface area contributed by atoms with E-state index in [1.165, 1.54) is 15.7 Å². The quantitative estimate of drug-likeness (QED) is 0.638. The number of nitro groups is 1. The Morgan fingerprint density at radius 2 is 2.17 bits per heavy atom. The third kappa shape index (κ3) is 3.62. The van der Waals surface area contributed by atoms with Crippen molar-refractivity contribution in [3.8, 4) is 0 Å². The maximum atomic E-state index is 11.3. The Morgan fingerprint density at radius 3 is 2.87 bits per heavy atom. The number of thiazole rings is 1. The number of rotatable bonds is 6. The molecule has 0 aromatic carbocycles. The smallest absolute Gasteiger partial charge is 0.360 e. The predicted octanol–water partition coefficient (Wildman–Crippen LogP) is 1.74. The first-order chi connectivity index (χ1) is 11.0. The zero-order chi connectivity index (χ0) is 16.4. The lowest BCUT2D eigenvalue weighted by Gasteiger charge is -2.32. The van der Waals surface area contributed by atoms with Crippen LogP contribution in [0.15, 0.2) is 11.6 Å². The zero-order valence-electron chi connectivity index (χ0n) is 13.4. The van der Waals surface area contributed by atoms with Gasteiger partial charge in [-0.3, -0.25) is 0 Å². The second-order valence-corrected chi connectivity index (χ2v) is 6.95. The number of imidazole rings is 1. The SMILES string of the molecule is CC(CCN1CCN(C)CC1)Nc1nc2sccn2c1[N+](=O)[O-]. The molecule has 1 saturated heterocycles. The van der Waals surface area contributed by atoms with Gasteiger partial charge in [0.15, 0.2) is 0 Å². The number of fused-ring (bicyclic) bond motifs is 1. The number of nitrogens with zero attached hydrogens (tertiary/aromatic N) is 5. The minimum absolute atomic E-state index is 0.0210. The van der Waals surface area contributed by atoms with Gasteiger partial charge in [0.1, 0.15) is 6.20 Å². The number of aromatic nitrogens is 2. The standard InChI is InChI=1S/C14H22N6O2S/c1-11(3-4-18-7-5-17(2)6-8-18)15-12-13(20(21)22)19-9-10-23-14(19)16-12/h9-11,15H,3-8H2,1-2H3. The summed E-state index contributed by atoms with van der Waals surface area (Å²) in [7, 11) is 2.14. The van der Waals surface area contributed by atoms with Gasteiger partial charge in [-0.1, -0.05) is 11.3 Å². The fraction of sp³-hybridized carbons (Fsp3) is 0.643. The molecular formula is C14H22N6O2S. The van der Waals surface area contributed by atoms with Crippen LogP contribution in [0.25, 0.3) is 4.96 Å². The average Bonchev–Trinajstić information content (AvgIpc) is 3.06. The van der Waals surface area contributed by atoms with Crippen LogP contribution >= 0.6 is 11.3 Å². The molecule has 1 unspecified atom stereocenters. The van der Waals surface area contributed by atoms with Crippen LogP contribution in [0.5, 0.6) is 0 Å². The zero-order valence-corrected chi connectivity index (χ0v) is 14.3. The molecule has 1 aliphatic rings. The highest BCUT2D eigenvalue weighted by atomic mass is 32.1. The molecule has 1 atom stereocenters. The highest BCUT2D eigenvalue weighted by molar-refractivity contribution is 7.15. The molecule has 1 fully saturated rings. The van der Waals surface area contributed by atoms with E-state index in [-0.39, 0.29) is 16.8 Å². The second kappa shape index (κ2) is 6.81. The lowest BCUT2D eigenvalue weighted by Crippen LogP contribution is -2.45. The van der Waals surface area contributed by atoms with Gasteiger partial charge >= 0.3 is 5.82 Å². The van der Waals surface area contributed by atoms with Crippen LogP contribution in [0.4, 0.5) is 11.6 Å². The van der Waals surface area contributed by atoms with Crippen LogP contribution in [0.3, 0.4) is 0 Å². The molecule has 2 aromatic heterocycles. The summed E-state index contributed by atoms with van der Waals surface area (Å²) in [6.45, 7) is 7.42.